The van der Waals surface area contributed by atoms with E-state index in [1.54, 1.807) is 0 Å². The Morgan fingerprint density at radius 3 is 1.47 bits per heavy atom. The maximum atomic E-state index is 11.6. The first-order valence-electron chi connectivity index (χ1n) is 22.7. The highest BCUT2D eigenvalue weighted by atomic mass is 16.6. The van der Waals surface area contributed by atoms with Crippen molar-refractivity contribution in [3.8, 4) is 23.6 Å². The topological polar surface area (TPSA) is 161 Å². The Morgan fingerprint density at radius 1 is 0.625 bits per heavy atom. The fourth-order valence-corrected chi connectivity index (χ4v) is 7.01. The van der Waals surface area contributed by atoms with Crippen molar-refractivity contribution in [2.24, 2.45) is 0 Å². The third-order valence-electron chi connectivity index (χ3n) is 10.3. The van der Waals surface area contributed by atoms with Gasteiger partial charge in [-0.05, 0) is 85.0 Å². The average molecular weight is 883 g/mol. The molecule has 0 bridgehead atoms. The van der Waals surface area contributed by atoms with Crippen molar-refractivity contribution in [3.05, 3.63) is 141 Å². The number of aliphatic hydroxyl groups is 2. The molecule has 0 spiro atoms. The summed E-state index contributed by atoms with van der Waals surface area (Å²) in [5.74, 6) is 1.05. The Balaban J connectivity index is 0.000000376. The summed E-state index contributed by atoms with van der Waals surface area (Å²) in [6, 6.07) is 41.1. The van der Waals surface area contributed by atoms with Crippen molar-refractivity contribution in [3.63, 3.8) is 0 Å². The quantitative estimate of drug-likeness (QED) is 0.0360. The molecule has 0 aromatic heterocycles. The van der Waals surface area contributed by atoms with Crippen LogP contribution in [0.1, 0.15) is 127 Å². The van der Waals surface area contributed by atoms with Crippen LogP contribution >= 0.6 is 0 Å². The Labute approximate surface area is 380 Å². The monoisotopic (exact) mass is 883 g/mol. The first-order valence-corrected chi connectivity index (χ1v) is 22.7. The van der Waals surface area contributed by atoms with Crippen molar-refractivity contribution >= 4 is 11.9 Å². The zero-order chi connectivity index (χ0) is 46.7. The van der Waals surface area contributed by atoms with E-state index in [1.807, 2.05) is 123 Å². The number of benzene rings is 4. The highest BCUT2D eigenvalue weighted by Crippen LogP contribution is 2.39. The van der Waals surface area contributed by atoms with Gasteiger partial charge in [-0.1, -0.05) is 138 Å². The molecule has 0 aliphatic carbocycles. The first kappa shape index (κ1) is 54.1. The molecular formula is C52H70N2O10+2. The molecule has 5 rings (SSSR count). The molecular weight excluding hydrogens is 813 g/mol. The lowest BCUT2D eigenvalue weighted by atomic mass is 9.72. The second kappa shape index (κ2) is 32.6. The summed E-state index contributed by atoms with van der Waals surface area (Å²) in [5.41, 5.74) is 2.78. The molecule has 2 atom stereocenters. The lowest BCUT2D eigenvalue weighted by Gasteiger charge is -2.24. The van der Waals surface area contributed by atoms with Gasteiger partial charge in [-0.15, -0.1) is 0 Å². The minimum atomic E-state index is -0.644. The molecule has 4 aromatic carbocycles. The van der Waals surface area contributed by atoms with E-state index in [-0.39, 0.29) is 45.0 Å². The first-order chi connectivity index (χ1) is 31.3. The van der Waals surface area contributed by atoms with E-state index in [0.717, 1.165) is 73.6 Å². The van der Waals surface area contributed by atoms with Gasteiger partial charge in [0.05, 0.1) is 13.2 Å². The smallest absolute Gasteiger partial charge is 0.366 e. The summed E-state index contributed by atoms with van der Waals surface area (Å²) < 4.78 is 20.9. The number of ether oxygens (including phenoxy) is 4. The van der Waals surface area contributed by atoms with Crippen LogP contribution in [0.2, 0.25) is 0 Å². The maximum absolute atomic E-state index is 11.6. The third-order valence-corrected chi connectivity index (χ3v) is 10.3. The molecule has 346 valence electrons. The van der Waals surface area contributed by atoms with Crippen LogP contribution in [0.25, 0.3) is 10.0 Å². The van der Waals surface area contributed by atoms with Crippen LogP contribution in [0, 0.1) is 12.1 Å². The van der Waals surface area contributed by atoms with Crippen LogP contribution in [-0.4, -0.2) is 72.2 Å². The molecule has 2 unspecified atom stereocenters. The van der Waals surface area contributed by atoms with E-state index in [9.17, 15) is 20.0 Å². The van der Waals surface area contributed by atoms with Gasteiger partial charge in [0, 0.05) is 19.4 Å². The number of unbranched alkanes of at least 4 members (excludes halogenated alkanes) is 3. The molecule has 64 heavy (non-hydrogen) atoms. The molecule has 0 amide bonds. The fraction of sp³-hybridized carbons (Fsp3) is 0.462. The van der Waals surface area contributed by atoms with Crippen LogP contribution in [-0.2, 0) is 29.9 Å². The Bertz CT molecular complexity index is 1970. The number of cyclic esters (lactones) is 1. The lowest BCUT2D eigenvalue weighted by molar-refractivity contribution is -0.147. The highest BCUT2D eigenvalue weighted by molar-refractivity contribution is 5.70. The maximum Gasteiger partial charge on any atom is 0.366 e. The van der Waals surface area contributed by atoms with Crippen LogP contribution < -0.4 is 9.47 Å². The summed E-state index contributed by atoms with van der Waals surface area (Å²) in [7, 11) is 0. The Kier molecular flexibility index (Phi) is 27.5. The van der Waals surface area contributed by atoms with Gasteiger partial charge >= 0.3 is 24.1 Å². The largest absolute Gasteiger partial charge is 0.491 e. The van der Waals surface area contributed by atoms with E-state index in [2.05, 4.69) is 40.7 Å². The van der Waals surface area contributed by atoms with Crippen molar-refractivity contribution in [2.75, 3.05) is 39.6 Å². The number of nitrogens with zero attached hydrogens (tertiary/aromatic N) is 2. The predicted molar refractivity (Wildman–Crippen MR) is 251 cm³/mol. The molecule has 12 heteroatoms. The number of aliphatic hydroxyl groups excluding tert-OH is 2. The van der Waals surface area contributed by atoms with Gasteiger partial charge in [0.2, 0.25) is 10.0 Å². The molecule has 4 aromatic rings. The van der Waals surface area contributed by atoms with Crippen molar-refractivity contribution in [1.29, 1.82) is 0 Å². The van der Waals surface area contributed by atoms with Crippen molar-refractivity contribution in [1.82, 2.24) is 0 Å². The van der Waals surface area contributed by atoms with Crippen LogP contribution in [0.5, 0.6) is 11.5 Å². The van der Waals surface area contributed by atoms with Crippen LogP contribution in [0.3, 0.4) is 0 Å². The summed E-state index contributed by atoms with van der Waals surface area (Å²) in [6.45, 7) is 9.67. The standard InChI is InChI=1S/C25H31NO5.C20H23NO3.C5H8O2.C2H6/c1-2-3-16-25(20-26-29,21-9-5-4-6-10-21)22-12-14-23(15-13-22)30-18-19-31-24(28)11-7-8-17-27;1-2-3-13-20(16-21-23,17-7-5-4-6-8-17)18-9-11-19(12-10-18)24-15-14-22;6-5-3-1-2-4-7-5;1-2/h4-6,9-10,12-15,27H,2-3,7-8,11,16-19H2,1H3;4-12,22H,2-3,13-15H2,1H3;1-4H2;1-2H3/p+2. The number of carbonyl (C=O) groups excluding carboxylic acids is 2. The van der Waals surface area contributed by atoms with Crippen LogP contribution in [0.4, 0.5) is 0 Å². The normalized spacial score (nSPS) is 13.2. The van der Waals surface area contributed by atoms with Gasteiger partial charge in [-0.2, -0.15) is 10.4 Å². The van der Waals surface area contributed by atoms with E-state index in [0.29, 0.717) is 43.8 Å². The zero-order valence-corrected chi connectivity index (χ0v) is 38.3. The van der Waals surface area contributed by atoms with Gasteiger partial charge in [0.25, 0.3) is 0 Å². The molecule has 1 saturated heterocycles. The summed E-state index contributed by atoms with van der Waals surface area (Å²) in [4.78, 5) is 21.8. The van der Waals surface area contributed by atoms with E-state index in [4.69, 9.17) is 24.4 Å². The Morgan fingerprint density at radius 2 is 1.09 bits per heavy atom. The summed E-state index contributed by atoms with van der Waals surface area (Å²) in [6.07, 6.45) is 9.77. The Hall–Kier alpha value is -6.08. The lowest BCUT2D eigenvalue weighted by Crippen LogP contribution is -2.26. The van der Waals surface area contributed by atoms with Crippen LogP contribution in [0.15, 0.2) is 109 Å². The van der Waals surface area contributed by atoms with Crippen molar-refractivity contribution < 1.29 is 49.2 Å². The molecule has 0 saturated carbocycles. The van der Waals surface area contributed by atoms with E-state index >= 15 is 0 Å². The molecule has 1 fully saturated rings. The number of esters is 2. The summed E-state index contributed by atoms with van der Waals surface area (Å²) in [5, 5.41) is 42.8. The second-order valence-electron chi connectivity index (χ2n) is 14.7. The van der Waals surface area contributed by atoms with Gasteiger partial charge in [0.1, 0.15) is 31.3 Å². The minimum Gasteiger partial charge on any atom is -0.491 e. The minimum absolute atomic E-state index is 0.0167. The van der Waals surface area contributed by atoms with Gasteiger partial charge in [0.15, 0.2) is 10.8 Å². The fourth-order valence-electron chi connectivity index (χ4n) is 7.01. The van der Waals surface area contributed by atoms with Gasteiger partial charge in [-0.25, -0.2) is 0 Å². The predicted octanol–water partition coefficient (Wildman–Crippen LogP) is 11.0. The molecule has 1 aliphatic rings. The zero-order valence-electron chi connectivity index (χ0n) is 38.3. The molecule has 12 nitrogen and oxygen atoms in total. The molecule has 0 radical (unpaired) electrons. The van der Waals surface area contributed by atoms with E-state index in [1.165, 1.54) is 0 Å². The summed E-state index contributed by atoms with van der Waals surface area (Å²) >= 11 is 0. The molecule has 1 heterocycles. The SMILES string of the molecule is CC.CCCCC(C#[N+]O)(c1ccccc1)c1ccc(OCCO)cc1.CCCCC(C#[N+]O)(c1ccccc1)c1ccc(OCCOC(=O)CCCCO)cc1.O=C1CCCCO1. The third kappa shape index (κ3) is 18.3. The number of carbonyl (C=O) groups is 2. The average Bonchev–Trinajstić information content (AvgIpc) is 3.35. The number of hydrogen-bond acceptors (Lipinski definition) is 10. The highest BCUT2D eigenvalue weighted by Gasteiger charge is 2.40. The molecule has 1 aliphatic heterocycles. The number of hydrogen-bond donors (Lipinski definition) is 4. The number of rotatable bonds is 21. The molecule has 4 N–H and O–H groups in total. The second-order valence-corrected chi connectivity index (χ2v) is 14.7. The van der Waals surface area contributed by atoms with E-state index < -0.39 is 10.8 Å². The van der Waals surface area contributed by atoms with Gasteiger partial charge < -0.3 is 29.2 Å². The van der Waals surface area contributed by atoms with Gasteiger partial charge in [-0.3, -0.25) is 9.59 Å². The van der Waals surface area contributed by atoms with Crippen molar-refractivity contribution in [2.45, 2.75) is 116 Å².